The Morgan fingerprint density at radius 1 is 1.00 bits per heavy atom. The molecule has 0 aromatic heterocycles. The molecule has 2 aliphatic rings. The molecule has 2 bridgehead atoms. The molecule has 11 heavy (non-hydrogen) atoms. The van der Waals surface area contributed by atoms with E-state index in [1.807, 2.05) is 0 Å². The van der Waals surface area contributed by atoms with Crippen molar-refractivity contribution in [1.82, 2.24) is 0 Å². The van der Waals surface area contributed by atoms with Crippen molar-refractivity contribution in [2.45, 2.75) is 50.2 Å². The second-order valence-electron chi connectivity index (χ2n) is 4.20. The monoisotopic (exact) mass is 148 g/mol. The van der Waals surface area contributed by atoms with Crippen LogP contribution in [0.3, 0.4) is 0 Å². The van der Waals surface area contributed by atoms with Gasteiger partial charge < -0.3 is 0 Å². The van der Waals surface area contributed by atoms with Crippen LogP contribution in [0.15, 0.2) is 12.6 Å². The van der Waals surface area contributed by atoms with Crippen LogP contribution in [0.2, 0.25) is 11.6 Å². The Balaban J connectivity index is 2.10. The number of hydrogen-bond acceptors (Lipinski definition) is 0. The van der Waals surface area contributed by atoms with Gasteiger partial charge in [0, 0.05) is 0 Å². The smallest absolute Gasteiger partial charge is 0.122 e. The lowest BCUT2D eigenvalue weighted by molar-refractivity contribution is 0.447. The summed E-state index contributed by atoms with van der Waals surface area (Å²) in [6, 6.07) is 0. The van der Waals surface area contributed by atoms with E-state index in [-0.39, 0.29) is 0 Å². The fourth-order valence-electron chi connectivity index (χ4n) is 3.11. The van der Waals surface area contributed by atoms with Crippen molar-refractivity contribution >= 4 is 6.71 Å². The third-order valence-corrected chi connectivity index (χ3v) is 3.66. The zero-order valence-electron chi connectivity index (χ0n) is 7.26. The Kier molecular flexibility index (Phi) is 2.06. The van der Waals surface area contributed by atoms with Crippen molar-refractivity contribution in [1.29, 1.82) is 0 Å². The van der Waals surface area contributed by atoms with Crippen LogP contribution in [-0.4, -0.2) is 6.71 Å². The van der Waals surface area contributed by atoms with Crippen LogP contribution < -0.4 is 0 Å². The molecule has 0 atom stereocenters. The van der Waals surface area contributed by atoms with E-state index in [0.717, 1.165) is 18.3 Å². The Morgan fingerprint density at radius 2 is 1.45 bits per heavy atom. The molecule has 0 spiro atoms. The molecule has 1 heteroatoms. The summed E-state index contributed by atoms with van der Waals surface area (Å²) in [6.07, 6.45) is 8.89. The second kappa shape index (κ2) is 3.04. The van der Waals surface area contributed by atoms with Gasteiger partial charge in [0.25, 0.3) is 0 Å². The molecule has 0 amide bonds. The molecule has 0 saturated carbocycles. The summed E-state index contributed by atoms with van der Waals surface area (Å²) in [5, 5.41) is 0. The SMILES string of the molecule is C=CB1C2CCCC1CCC2. The van der Waals surface area contributed by atoms with Gasteiger partial charge in [-0.1, -0.05) is 50.2 Å². The Morgan fingerprint density at radius 3 is 1.73 bits per heavy atom. The predicted octanol–water partition coefficient (Wildman–Crippen LogP) is 3.31. The van der Waals surface area contributed by atoms with Crippen LogP contribution in [0.1, 0.15) is 38.5 Å². The Hall–Kier alpha value is -0.195. The average Bonchev–Trinajstić information content (AvgIpc) is 2.03. The van der Waals surface area contributed by atoms with Crippen LogP contribution in [0.25, 0.3) is 0 Å². The van der Waals surface area contributed by atoms with Gasteiger partial charge in [-0.3, -0.25) is 0 Å². The van der Waals surface area contributed by atoms with E-state index in [0.29, 0.717) is 0 Å². The van der Waals surface area contributed by atoms with Crippen LogP contribution in [0.5, 0.6) is 0 Å². The van der Waals surface area contributed by atoms with Gasteiger partial charge >= 0.3 is 0 Å². The van der Waals surface area contributed by atoms with Crippen molar-refractivity contribution in [3.63, 3.8) is 0 Å². The quantitative estimate of drug-likeness (QED) is 0.500. The van der Waals surface area contributed by atoms with Gasteiger partial charge in [0.2, 0.25) is 0 Å². The van der Waals surface area contributed by atoms with Crippen LogP contribution in [0.4, 0.5) is 0 Å². The molecule has 0 unspecified atom stereocenters. The lowest BCUT2D eigenvalue weighted by Crippen LogP contribution is -2.32. The molecule has 2 saturated heterocycles. The lowest BCUT2D eigenvalue weighted by Gasteiger charge is -2.38. The van der Waals surface area contributed by atoms with Gasteiger partial charge in [0.05, 0.1) is 0 Å². The zero-order chi connectivity index (χ0) is 7.68. The van der Waals surface area contributed by atoms with Crippen LogP contribution >= 0.6 is 0 Å². The molecule has 2 fully saturated rings. The summed E-state index contributed by atoms with van der Waals surface area (Å²) in [7, 11) is 0. The molecule has 0 aliphatic carbocycles. The summed E-state index contributed by atoms with van der Waals surface area (Å²) in [5.74, 6) is 4.26. The summed E-state index contributed by atoms with van der Waals surface area (Å²) < 4.78 is 0. The molecular formula is C10H17B. The van der Waals surface area contributed by atoms with E-state index in [1.165, 1.54) is 38.5 Å². The Labute approximate surface area is 70.1 Å². The molecule has 0 N–H and O–H groups in total. The van der Waals surface area contributed by atoms with E-state index in [2.05, 4.69) is 12.6 Å². The van der Waals surface area contributed by atoms with E-state index in [9.17, 15) is 0 Å². The topological polar surface area (TPSA) is 0 Å². The molecule has 0 aromatic carbocycles. The van der Waals surface area contributed by atoms with Gasteiger partial charge in [-0.2, -0.15) is 0 Å². The molecular weight excluding hydrogens is 131 g/mol. The van der Waals surface area contributed by atoms with Gasteiger partial charge in [-0.05, 0) is 0 Å². The summed E-state index contributed by atoms with van der Waals surface area (Å²) >= 11 is 0. The first kappa shape index (κ1) is 7.45. The normalized spacial score (nSPS) is 36.9. The van der Waals surface area contributed by atoms with E-state index < -0.39 is 0 Å². The predicted molar refractivity (Wildman–Crippen MR) is 51.2 cm³/mol. The first-order valence-electron chi connectivity index (χ1n) is 5.04. The van der Waals surface area contributed by atoms with Crippen molar-refractivity contribution < 1.29 is 0 Å². The maximum absolute atomic E-state index is 3.97. The van der Waals surface area contributed by atoms with E-state index in [1.54, 1.807) is 0 Å². The fourth-order valence-corrected chi connectivity index (χ4v) is 3.11. The first-order chi connectivity index (χ1) is 5.42. The van der Waals surface area contributed by atoms with Gasteiger partial charge in [-0.25, -0.2) is 0 Å². The van der Waals surface area contributed by atoms with Gasteiger partial charge in [0.15, 0.2) is 6.71 Å². The van der Waals surface area contributed by atoms with Crippen molar-refractivity contribution in [3.8, 4) is 0 Å². The number of fused-ring (bicyclic) bond motifs is 2. The highest BCUT2D eigenvalue weighted by molar-refractivity contribution is 6.67. The van der Waals surface area contributed by atoms with E-state index >= 15 is 0 Å². The third kappa shape index (κ3) is 1.26. The van der Waals surface area contributed by atoms with E-state index in [4.69, 9.17) is 0 Å². The minimum Gasteiger partial charge on any atom is -0.122 e. The number of hydrogen-bond donors (Lipinski definition) is 0. The average molecular weight is 148 g/mol. The van der Waals surface area contributed by atoms with Crippen LogP contribution in [0, 0.1) is 0 Å². The molecule has 2 rings (SSSR count). The van der Waals surface area contributed by atoms with Gasteiger partial charge in [-0.15, -0.1) is 12.6 Å². The fraction of sp³-hybridized carbons (Fsp3) is 0.800. The van der Waals surface area contributed by atoms with Crippen molar-refractivity contribution in [3.05, 3.63) is 12.6 Å². The minimum absolute atomic E-state index is 0.887. The summed E-state index contributed by atoms with van der Waals surface area (Å²) in [4.78, 5) is 0. The standard InChI is InChI=1S/C10H17B/c1-2-11-9-5-3-6-10(11)8-4-7-9/h2,9-10H,1,3-8H2. The maximum Gasteiger partial charge on any atom is 0.172 e. The van der Waals surface area contributed by atoms with Crippen LogP contribution in [-0.2, 0) is 0 Å². The molecule has 2 aliphatic heterocycles. The molecule has 0 nitrogen and oxygen atoms in total. The molecule has 2 heterocycles. The first-order valence-corrected chi connectivity index (χ1v) is 5.04. The summed E-state index contributed by atoms with van der Waals surface area (Å²) in [6.45, 7) is 4.85. The summed E-state index contributed by atoms with van der Waals surface area (Å²) in [5.41, 5.74) is 0. The molecule has 0 aromatic rings. The highest BCUT2D eigenvalue weighted by Crippen LogP contribution is 2.46. The van der Waals surface area contributed by atoms with Crippen molar-refractivity contribution in [2.24, 2.45) is 0 Å². The molecule has 60 valence electrons. The minimum atomic E-state index is 0.887. The zero-order valence-corrected chi connectivity index (χ0v) is 7.26. The number of rotatable bonds is 1. The molecule has 0 radical (unpaired) electrons. The highest BCUT2D eigenvalue weighted by atomic mass is 14.2. The third-order valence-electron chi connectivity index (χ3n) is 3.66. The largest absolute Gasteiger partial charge is 0.172 e. The Bertz CT molecular complexity index is 131. The van der Waals surface area contributed by atoms with Crippen molar-refractivity contribution in [2.75, 3.05) is 0 Å². The highest BCUT2D eigenvalue weighted by Gasteiger charge is 2.36. The lowest BCUT2D eigenvalue weighted by atomic mass is 9.27. The maximum atomic E-state index is 3.97. The second-order valence-corrected chi connectivity index (χ2v) is 4.20. The van der Waals surface area contributed by atoms with Gasteiger partial charge in [0.1, 0.15) is 0 Å².